The van der Waals surface area contributed by atoms with Gasteiger partial charge in [0.05, 0.1) is 25.5 Å². The van der Waals surface area contributed by atoms with Gasteiger partial charge in [-0.2, -0.15) is 25.3 Å². The summed E-state index contributed by atoms with van der Waals surface area (Å²) in [6, 6.07) is 5.71. The predicted octanol–water partition coefficient (Wildman–Crippen LogP) is 2.44. The Labute approximate surface area is 197 Å². The van der Waals surface area contributed by atoms with Gasteiger partial charge in [-0.1, -0.05) is 23.2 Å². The molecule has 3 rings (SSSR count). The molecule has 0 atom stereocenters. The third kappa shape index (κ3) is 6.36. The number of phenolic OH excluding ortho intramolecular Hbond substituents is 1. The van der Waals surface area contributed by atoms with Crippen LogP contribution in [0.3, 0.4) is 0 Å². The van der Waals surface area contributed by atoms with Crippen LogP contribution in [0.4, 0.5) is 11.4 Å². The predicted molar refractivity (Wildman–Crippen MR) is 120 cm³/mol. The first-order valence-electron chi connectivity index (χ1n) is 8.05. The van der Waals surface area contributed by atoms with Gasteiger partial charge in [0.1, 0.15) is 10.6 Å². The van der Waals surface area contributed by atoms with Crippen LogP contribution in [0.15, 0.2) is 51.1 Å². The van der Waals surface area contributed by atoms with Gasteiger partial charge in [-0.15, -0.1) is 0 Å². The Morgan fingerprint density at radius 2 is 1.12 bits per heavy atom. The number of nitrogens with two attached hydrogens (primary N) is 2. The Kier molecular flexibility index (Phi) is 7.42. The molecule has 3 aromatic rings. The molecule has 0 saturated heterocycles. The minimum atomic E-state index is -4.59. The average Bonchev–Trinajstić information content (AvgIpc) is 2.62. The number of rotatable bonds is 3. The van der Waals surface area contributed by atoms with E-state index in [1.54, 1.807) is 0 Å². The fourth-order valence-electron chi connectivity index (χ4n) is 2.51. The van der Waals surface area contributed by atoms with E-state index in [0.717, 1.165) is 36.4 Å². The Bertz CT molecular complexity index is 1520. The molecule has 0 bridgehead atoms. The maximum Gasteiger partial charge on any atom is 0.296 e. The molecule has 0 aromatic heterocycles. The maximum absolute atomic E-state index is 11.1. The van der Waals surface area contributed by atoms with Gasteiger partial charge in [-0.25, -0.2) is 0 Å². The van der Waals surface area contributed by atoms with Gasteiger partial charge in [-0.3, -0.25) is 13.7 Å². The lowest BCUT2D eigenvalue weighted by Gasteiger charge is -2.08. The van der Waals surface area contributed by atoms with E-state index in [-0.39, 0.29) is 32.2 Å². The molecule has 0 heterocycles. The SMILES string of the molecule is Nc1cc(Cl)c(S(=O)(=O)O)cc1Cl.Nc1cc(S(=O)(=O)O)cc2cc(S(=O)(=O)O)cc(O)c12. The summed E-state index contributed by atoms with van der Waals surface area (Å²) in [6.07, 6.45) is 0. The second-order valence-corrected chi connectivity index (χ2v) is 11.3. The average molecular weight is 561 g/mol. The van der Waals surface area contributed by atoms with Crippen molar-refractivity contribution in [3.05, 3.63) is 46.4 Å². The highest BCUT2D eigenvalue weighted by molar-refractivity contribution is 7.86. The zero-order valence-corrected chi connectivity index (χ0v) is 19.8. The summed E-state index contributed by atoms with van der Waals surface area (Å²) < 4.78 is 92.2. The van der Waals surface area contributed by atoms with Crippen LogP contribution in [-0.2, 0) is 30.4 Å². The van der Waals surface area contributed by atoms with Crippen molar-refractivity contribution in [1.82, 2.24) is 0 Å². The van der Waals surface area contributed by atoms with Gasteiger partial charge in [0.15, 0.2) is 0 Å². The van der Waals surface area contributed by atoms with Gasteiger partial charge in [0.25, 0.3) is 30.4 Å². The fraction of sp³-hybridized carbons (Fsp3) is 0. The van der Waals surface area contributed by atoms with E-state index in [2.05, 4.69) is 0 Å². The van der Waals surface area contributed by atoms with E-state index in [4.69, 9.17) is 48.3 Å². The van der Waals surface area contributed by atoms with Crippen LogP contribution in [0, 0.1) is 0 Å². The number of phenols is 1. The fourth-order valence-corrected chi connectivity index (χ4v) is 4.86. The molecule has 0 aliphatic heterocycles. The van der Waals surface area contributed by atoms with Crippen LogP contribution in [0.5, 0.6) is 5.75 Å². The molecule has 0 unspecified atom stereocenters. The van der Waals surface area contributed by atoms with E-state index >= 15 is 0 Å². The van der Waals surface area contributed by atoms with Crippen molar-refractivity contribution >= 4 is 75.7 Å². The summed E-state index contributed by atoms with van der Waals surface area (Å²) in [6.45, 7) is 0. The van der Waals surface area contributed by atoms with Crippen molar-refractivity contribution in [3.8, 4) is 5.75 Å². The van der Waals surface area contributed by atoms with E-state index in [1.165, 1.54) is 0 Å². The van der Waals surface area contributed by atoms with Crippen LogP contribution in [-0.4, -0.2) is 44.0 Å². The van der Waals surface area contributed by atoms with Crippen LogP contribution in [0.25, 0.3) is 10.8 Å². The highest BCUT2D eigenvalue weighted by Crippen LogP contribution is 2.35. The maximum atomic E-state index is 11.1. The molecule has 180 valence electrons. The van der Waals surface area contributed by atoms with Gasteiger partial charge in [0.2, 0.25) is 0 Å². The molecular formula is C16H14Cl2N2O10S3. The largest absolute Gasteiger partial charge is 0.507 e. The van der Waals surface area contributed by atoms with Crippen molar-refractivity contribution in [2.45, 2.75) is 14.7 Å². The summed E-state index contributed by atoms with van der Waals surface area (Å²) in [7, 11) is -13.5. The van der Waals surface area contributed by atoms with Crippen molar-refractivity contribution in [1.29, 1.82) is 0 Å². The summed E-state index contributed by atoms with van der Waals surface area (Å²) in [5.74, 6) is -0.547. The van der Waals surface area contributed by atoms with Gasteiger partial charge in [-0.05, 0) is 35.7 Å². The summed E-state index contributed by atoms with van der Waals surface area (Å²) in [4.78, 5) is -1.64. The molecule has 3 aromatic carbocycles. The molecule has 8 N–H and O–H groups in total. The third-order valence-electron chi connectivity index (χ3n) is 3.93. The van der Waals surface area contributed by atoms with Gasteiger partial charge < -0.3 is 16.6 Å². The molecule has 0 aliphatic rings. The minimum absolute atomic E-state index is 0.00444. The zero-order chi connectivity index (χ0) is 25.5. The zero-order valence-electron chi connectivity index (χ0n) is 15.8. The van der Waals surface area contributed by atoms with Crippen LogP contribution in [0.1, 0.15) is 0 Å². The molecule has 12 nitrogen and oxygen atoms in total. The highest BCUT2D eigenvalue weighted by Gasteiger charge is 2.19. The molecule has 0 radical (unpaired) electrons. The molecule has 0 fully saturated rings. The Balaban J connectivity index is 0.000000257. The van der Waals surface area contributed by atoms with Crippen molar-refractivity contribution in [3.63, 3.8) is 0 Å². The topological polar surface area (TPSA) is 235 Å². The molecule has 0 spiro atoms. The van der Waals surface area contributed by atoms with Crippen LogP contribution < -0.4 is 11.5 Å². The molecule has 0 aliphatic carbocycles. The van der Waals surface area contributed by atoms with E-state index in [1.807, 2.05) is 0 Å². The Hall–Kier alpha value is -2.37. The van der Waals surface area contributed by atoms with Crippen molar-refractivity contribution in [2.75, 3.05) is 11.5 Å². The quantitative estimate of drug-likeness (QED) is 0.200. The van der Waals surface area contributed by atoms with E-state index in [9.17, 15) is 30.4 Å². The van der Waals surface area contributed by atoms with Crippen LogP contribution in [0.2, 0.25) is 10.0 Å². The van der Waals surface area contributed by atoms with E-state index in [0.29, 0.717) is 0 Å². The smallest absolute Gasteiger partial charge is 0.296 e. The highest BCUT2D eigenvalue weighted by atomic mass is 35.5. The number of hydrogen-bond acceptors (Lipinski definition) is 9. The summed E-state index contributed by atoms with van der Waals surface area (Å²) in [5, 5.41) is 9.52. The molecular weight excluding hydrogens is 547 g/mol. The lowest BCUT2D eigenvalue weighted by Crippen LogP contribution is -2.02. The Morgan fingerprint density at radius 3 is 1.58 bits per heavy atom. The normalized spacial score (nSPS) is 12.3. The molecule has 33 heavy (non-hydrogen) atoms. The molecule has 17 heteroatoms. The summed E-state index contributed by atoms with van der Waals surface area (Å²) in [5.41, 5.74) is 10.9. The first-order valence-corrected chi connectivity index (χ1v) is 13.1. The minimum Gasteiger partial charge on any atom is -0.507 e. The summed E-state index contributed by atoms with van der Waals surface area (Å²) >= 11 is 11.0. The number of halogens is 2. The number of benzene rings is 3. The third-order valence-corrected chi connectivity index (χ3v) is 7.24. The Morgan fingerprint density at radius 1 is 0.636 bits per heavy atom. The van der Waals surface area contributed by atoms with Crippen molar-refractivity contribution in [2.24, 2.45) is 0 Å². The van der Waals surface area contributed by atoms with Gasteiger partial charge in [0, 0.05) is 17.1 Å². The second kappa shape index (κ2) is 9.11. The van der Waals surface area contributed by atoms with E-state index < -0.39 is 50.8 Å². The monoisotopic (exact) mass is 560 g/mol. The first-order chi connectivity index (χ1) is 14.8. The number of aromatic hydroxyl groups is 1. The number of nitrogen functional groups attached to an aromatic ring is 2. The molecule has 0 saturated carbocycles. The van der Waals surface area contributed by atoms with Gasteiger partial charge >= 0.3 is 0 Å². The lowest BCUT2D eigenvalue weighted by atomic mass is 10.1. The number of hydrogen-bond donors (Lipinski definition) is 6. The van der Waals surface area contributed by atoms with Crippen LogP contribution >= 0.6 is 23.2 Å². The first kappa shape index (κ1) is 26.9. The number of fused-ring (bicyclic) bond motifs is 1. The van der Waals surface area contributed by atoms with Crippen molar-refractivity contribution < 1.29 is 44.0 Å². The number of anilines is 2. The lowest BCUT2D eigenvalue weighted by molar-refractivity contribution is 0.471. The second-order valence-electron chi connectivity index (χ2n) is 6.28. The molecule has 0 amide bonds. The standard InChI is InChI=1S/C10H9NO7S2.C6H5Cl2NO3S/c11-8-3-6(19(13,14)15)1-5-2-7(20(16,17)18)4-9(12)10(5)8;7-3-2-6(13(10,11)12)4(8)1-5(3)9/h1-4,12H,11H2,(H,13,14,15)(H,16,17,18);1-2H,9H2,(H,10,11,12).